The summed E-state index contributed by atoms with van der Waals surface area (Å²) in [6.45, 7) is 12.4. The van der Waals surface area contributed by atoms with Gasteiger partial charge in [-0.15, -0.1) is 0 Å². The molecule has 0 radical (unpaired) electrons. The van der Waals surface area contributed by atoms with E-state index in [1.54, 1.807) is 11.9 Å². The van der Waals surface area contributed by atoms with E-state index in [-0.39, 0.29) is 36.4 Å². The van der Waals surface area contributed by atoms with Crippen molar-refractivity contribution >= 4 is 11.7 Å². The minimum absolute atomic E-state index is 0.0330. The zero-order chi connectivity index (χ0) is 21.1. The Morgan fingerprint density at radius 2 is 1.71 bits per heavy atom. The first-order valence-corrected chi connectivity index (χ1v) is 9.75. The maximum atomic E-state index is 12.9. The molecule has 0 aliphatic rings. The molecule has 5 nitrogen and oxygen atoms in total. The summed E-state index contributed by atoms with van der Waals surface area (Å²) in [5.74, 6) is -0.0448. The summed E-state index contributed by atoms with van der Waals surface area (Å²) in [6, 6.07) is 12.4. The average Bonchev–Trinajstić information content (AvgIpc) is 2.87. The third kappa shape index (κ3) is 5.55. The minimum atomic E-state index is -0.277. The standard InChI is InChI=1S/C23H33N3O2/c1-16-13-20(18(3)26(16)17(2)19-11-9-8-10-12-19)21(27)14-25(7)15-22(28)24-23(4,5)6/h8-13,17H,14-15H2,1-7H3,(H,24,28)/t17-/m1/s1. The Morgan fingerprint density at radius 1 is 1.11 bits per heavy atom. The molecule has 1 aromatic heterocycles. The highest BCUT2D eigenvalue weighted by molar-refractivity contribution is 5.99. The molecule has 0 fully saturated rings. The summed E-state index contributed by atoms with van der Waals surface area (Å²) in [7, 11) is 1.80. The molecule has 5 heteroatoms. The van der Waals surface area contributed by atoms with Gasteiger partial charge in [-0.2, -0.15) is 0 Å². The minimum Gasteiger partial charge on any atom is -0.350 e. The van der Waals surface area contributed by atoms with Gasteiger partial charge < -0.3 is 9.88 Å². The van der Waals surface area contributed by atoms with Gasteiger partial charge in [0.05, 0.1) is 19.1 Å². The fraction of sp³-hybridized carbons (Fsp3) is 0.478. The van der Waals surface area contributed by atoms with Gasteiger partial charge in [-0.3, -0.25) is 14.5 Å². The van der Waals surface area contributed by atoms with Crippen LogP contribution in [0.25, 0.3) is 0 Å². The van der Waals surface area contributed by atoms with Gasteiger partial charge in [0.25, 0.3) is 0 Å². The third-order valence-corrected chi connectivity index (χ3v) is 4.80. The van der Waals surface area contributed by atoms with Crippen molar-refractivity contribution in [1.29, 1.82) is 0 Å². The molecule has 0 aliphatic heterocycles. The lowest BCUT2D eigenvalue weighted by Crippen LogP contribution is -2.45. The van der Waals surface area contributed by atoms with Gasteiger partial charge in [0.2, 0.25) is 5.91 Å². The first-order valence-electron chi connectivity index (χ1n) is 9.75. The molecule has 0 bridgehead atoms. The van der Waals surface area contributed by atoms with Crippen molar-refractivity contribution in [3.8, 4) is 0 Å². The van der Waals surface area contributed by atoms with Crippen molar-refractivity contribution in [3.63, 3.8) is 0 Å². The number of carbonyl (C=O) groups is 2. The molecule has 0 spiro atoms. The zero-order valence-electron chi connectivity index (χ0n) is 18.2. The molecule has 1 N–H and O–H groups in total. The van der Waals surface area contributed by atoms with Crippen LogP contribution in [0.15, 0.2) is 36.4 Å². The number of carbonyl (C=O) groups excluding carboxylic acids is 2. The highest BCUT2D eigenvalue weighted by Crippen LogP contribution is 2.25. The predicted molar refractivity (Wildman–Crippen MR) is 114 cm³/mol. The highest BCUT2D eigenvalue weighted by atomic mass is 16.2. The van der Waals surface area contributed by atoms with Gasteiger partial charge in [-0.25, -0.2) is 0 Å². The van der Waals surface area contributed by atoms with Crippen LogP contribution in [0, 0.1) is 13.8 Å². The molecule has 1 amide bonds. The quantitative estimate of drug-likeness (QED) is 0.741. The summed E-state index contributed by atoms with van der Waals surface area (Å²) in [5.41, 5.74) is 3.68. The number of likely N-dealkylation sites (N-methyl/N-ethyl adjacent to an activating group) is 1. The van der Waals surface area contributed by atoms with Crippen molar-refractivity contribution in [2.24, 2.45) is 0 Å². The Bertz CT molecular complexity index is 832. The lowest BCUT2D eigenvalue weighted by atomic mass is 10.1. The maximum absolute atomic E-state index is 12.9. The van der Waals surface area contributed by atoms with E-state index in [0.717, 1.165) is 17.0 Å². The highest BCUT2D eigenvalue weighted by Gasteiger charge is 2.22. The topological polar surface area (TPSA) is 54.3 Å². The third-order valence-electron chi connectivity index (χ3n) is 4.80. The summed E-state index contributed by atoms with van der Waals surface area (Å²) in [4.78, 5) is 26.7. The molecule has 2 rings (SSSR count). The lowest BCUT2D eigenvalue weighted by molar-refractivity contribution is -0.123. The first-order chi connectivity index (χ1) is 13.0. The number of Topliss-reactive ketones (excluding diaryl/α,β-unsaturated/α-hetero) is 1. The Kier molecular flexibility index (Phi) is 6.83. The van der Waals surface area contributed by atoms with E-state index >= 15 is 0 Å². The molecule has 0 saturated carbocycles. The second-order valence-corrected chi connectivity index (χ2v) is 8.64. The zero-order valence-corrected chi connectivity index (χ0v) is 18.2. The van der Waals surface area contributed by atoms with E-state index < -0.39 is 0 Å². The molecule has 0 unspecified atom stereocenters. The van der Waals surface area contributed by atoms with E-state index in [4.69, 9.17) is 0 Å². The number of nitrogens with one attached hydrogen (secondary N) is 1. The van der Waals surface area contributed by atoms with Crippen LogP contribution in [0.1, 0.15) is 61.0 Å². The van der Waals surface area contributed by atoms with Crippen molar-refractivity contribution in [3.05, 3.63) is 58.9 Å². The number of aromatic nitrogens is 1. The molecule has 28 heavy (non-hydrogen) atoms. The predicted octanol–water partition coefficient (Wildman–Crippen LogP) is 3.74. The Labute approximate surface area is 168 Å². The van der Waals surface area contributed by atoms with Crippen LogP contribution in [0.5, 0.6) is 0 Å². The molecule has 2 aromatic rings. The Hall–Kier alpha value is -2.40. The number of benzene rings is 1. The first kappa shape index (κ1) is 21.9. The SMILES string of the molecule is Cc1cc(C(=O)CN(C)CC(=O)NC(C)(C)C)c(C)n1[C@H](C)c1ccccc1. The van der Waals surface area contributed by atoms with Crippen molar-refractivity contribution in [2.75, 3.05) is 20.1 Å². The second-order valence-electron chi connectivity index (χ2n) is 8.64. The smallest absolute Gasteiger partial charge is 0.234 e. The van der Waals surface area contributed by atoms with Gasteiger partial charge in [0.1, 0.15) is 0 Å². The number of aryl methyl sites for hydroxylation is 1. The number of amides is 1. The molecular formula is C23H33N3O2. The maximum Gasteiger partial charge on any atom is 0.234 e. The van der Waals surface area contributed by atoms with Gasteiger partial charge in [-0.1, -0.05) is 30.3 Å². The Balaban J connectivity index is 2.11. The van der Waals surface area contributed by atoms with E-state index in [2.05, 4.69) is 28.9 Å². The normalized spacial score (nSPS) is 12.9. The fourth-order valence-corrected chi connectivity index (χ4v) is 3.63. The molecule has 0 saturated heterocycles. The summed E-state index contributed by atoms with van der Waals surface area (Å²) >= 11 is 0. The van der Waals surface area contributed by atoms with Crippen LogP contribution in [-0.4, -0.2) is 46.8 Å². The number of hydrogen-bond donors (Lipinski definition) is 1. The van der Waals surface area contributed by atoms with Crippen molar-refractivity contribution in [1.82, 2.24) is 14.8 Å². The van der Waals surface area contributed by atoms with E-state index in [1.807, 2.05) is 58.9 Å². The number of hydrogen-bond acceptors (Lipinski definition) is 3. The molecule has 152 valence electrons. The van der Waals surface area contributed by atoms with Gasteiger partial charge in [0.15, 0.2) is 5.78 Å². The average molecular weight is 384 g/mol. The number of ketones is 1. The van der Waals surface area contributed by atoms with E-state index in [1.165, 1.54) is 5.56 Å². The van der Waals surface area contributed by atoms with E-state index in [9.17, 15) is 9.59 Å². The second kappa shape index (κ2) is 8.74. The van der Waals surface area contributed by atoms with Gasteiger partial charge >= 0.3 is 0 Å². The van der Waals surface area contributed by atoms with Crippen LogP contribution in [-0.2, 0) is 4.79 Å². The monoisotopic (exact) mass is 383 g/mol. The number of rotatable bonds is 7. The molecule has 0 aliphatic carbocycles. The van der Waals surface area contributed by atoms with Gasteiger partial charge in [0, 0.05) is 22.5 Å². The van der Waals surface area contributed by atoms with Crippen molar-refractivity contribution < 1.29 is 9.59 Å². The van der Waals surface area contributed by atoms with Crippen molar-refractivity contribution in [2.45, 2.75) is 53.1 Å². The molecule has 1 heterocycles. The van der Waals surface area contributed by atoms with Crippen LogP contribution in [0.3, 0.4) is 0 Å². The van der Waals surface area contributed by atoms with Gasteiger partial charge in [-0.05, 0) is 60.2 Å². The molecule has 1 aromatic carbocycles. The fourth-order valence-electron chi connectivity index (χ4n) is 3.63. The summed E-state index contributed by atoms with van der Waals surface area (Å²) < 4.78 is 2.20. The van der Waals surface area contributed by atoms with Crippen LogP contribution in [0.4, 0.5) is 0 Å². The van der Waals surface area contributed by atoms with Crippen LogP contribution in [0.2, 0.25) is 0 Å². The number of nitrogens with zero attached hydrogens (tertiary/aromatic N) is 2. The summed E-state index contributed by atoms with van der Waals surface area (Å²) in [5, 5.41) is 2.92. The molecular weight excluding hydrogens is 350 g/mol. The summed E-state index contributed by atoms with van der Waals surface area (Å²) in [6.07, 6.45) is 0. The van der Waals surface area contributed by atoms with Crippen LogP contribution >= 0.6 is 0 Å². The largest absolute Gasteiger partial charge is 0.350 e. The van der Waals surface area contributed by atoms with E-state index in [0.29, 0.717) is 0 Å². The molecule has 1 atom stereocenters. The Morgan fingerprint density at radius 3 is 2.29 bits per heavy atom. The van der Waals surface area contributed by atoms with Crippen LogP contribution < -0.4 is 5.32 Å². The lowest BCUT2D eigenvalue weighted by Gasteiger charge is -2.23.